The summed E-state index contributed by atoms with van der Waals surface area (Å²) in [4.78, 5) is 11.4. The van der Waals surface area contributed by atoms with E-state index in [4.69, 9.17) is 5.73 Å². The van der Waals surface area contributed by atoms with Crippen LogP contribution in [0, 0.1) is 0 Å². The van der Waals surface area contributed by atoms with Gasteiger partial charge in [0.2, 0.25) is 5.91 Å². The molecule has 17 heavy (non-hydrogen) atoms. The van der Waals surface area contributed by atoms with Crippen LogP contribution in [0.15, 0.2) is 12.7 Å². The van der Waals surface area contributed by atoms with Crippen molar-refractivity contribution in [2.45, 2.75) is 12.5 Å². The van der Waals surface area contributed by atoms with Crippen LogP contribution in [0.3, 0.4) is 0 Å². The predicted octanol–water partition coefficient (Wildman–Crippen LogP) is -0.216. The topological polar surface area (TPSA) is 89.3 Å². The number of carbonyl (C=O) groups excluding carboxylic acids is 1. The Labute approximate surface area is 107 Å². The SMILES string of the molecule is C=CCSCCNC(=O)C(N)CCS(C)(=O)=O. The highest BCUT2D eigenvalue weighted by Gasteiger charge is 2.15. The van der Waals surface area contributed by atoms with Crippen molar-refractivity contribution in [2.24, 2.45) is 5.73 Å². The smallest absolute Gasteiger partial charge is 0.236 e. The van der Waals surface area contributed by atoms with Gasteiger partial charge in [0.1, 0.15) is 9.84 Å². The molecule has 100 valence electrons. The van der Waals surface area contributed by atoms with Gasteiger partial charge in [-0.3, -0.25) is 4.79 Å². The molecule has 0 aliphatic rings. The lowest BCUT2D eigenvalue weighted by atomic mass is 10.2. The third-order valence-corrected chi connectivity index (χ3v) is 3.86. The average Bonchev–Trinajstić information content (AvgIpc) is 2.24. The Morgan fingerprint density at radius 2 is 2.24 bits per heavy atom. The normalized spacial score (nSPS) is 13.1. The molecule has 0 spiro atoms. The van der Waals surface area contributed by atoms with E-state index in [0.717, 1.165) is 17.8 Å². The molecule has 0 aromatic heterocycles. The summed E-state index contributed by atoms with van der Waals surface area (Å²) in [6, 6.07) is -0.755. The number of sulfone groups is 1. The molecule has 0 fully saturated rings. The second kappa shape index (κ2) is 8.54. The van der Waals surface area contributed by atoms with Crippen molar-refractivity contribution < 1.29 is 13.2 Å². The third kappa shape index (κ3) is 10.3. The van der Waals surface area contributed by atoms with Crippen molar-refractivity contribution in [3.05, 3.63) is 12.7 Å². The Kier molecular flexibility index (Phi) is 8.28. The molecule has 0 bridgehead atoms. The highest BCUT2D eigenvalue weighted by molar-refractivity contribution is 7.99. The zero-order valence-electron chi connectivity index (χ0n) is 10.0. The number of nitrogens with one attached hydrogen (secondary N) is 1. The number of hydrogen-bond donors (Lipinski definition) is 2. The predicted molar refractivity (Wildman–Crippen MR) is 72.8 cm³/mol. The van der Waals surface area contributed by atoms with Gasteiger partial charge < -0.3 is 11.1 Å². The van der Waals surface area contributed by atoms with E-state index in [1.807, 2.05) is 0 Å². The molecule has 1 atom stereocenters. The van der Waals surface area contributed by atoms with Crippen LogP contribution in [0.25, 0.3) is 0 Å². The molecule has 3 N–H and O–H groups in total. The van der Waals surface area contributed by atoms with Crippen molar-refractivity contribution in [1.82, 2.24) is 5.32 Å². The van der Waals surface area contributed by atoms with E-state index in [9.17, 15) is 13.2 Å². The van der Waals surface area contributed by atoms with Crippen LogP contribution in [-0.2, 0) is 14.6 Å². The summed E-state index contributed by atoms with van der Waals surface area (Å²) in [5, 5.41) is 2.66. The van der Waals surface area contributed by atoms with Crippen molar-refractivity contribution in [3.8, 4) is 0 Å². The maximum atomic E-state index is 11.4. The second-order valence-electron chi connectivity index (χ2n) is 3.68. The number of thioether (sulfide) groups is 1. The molecular formula is C10H20N2O3S2. The lowest BCUT2D eigenvalue weighted by molar-refractivity contribution is -0.122. The van der Waals surface area contributed by atoms with Crippen molar-refractivity contribution >= 4 is 27.5 Å². The summed E-state index contributed by atoms with van der Waals surface area (Å²) in [7, 11) is -3.06. The Bertz CT molecular complexity index is 341. The average molecular weight is 280 g/mol. The summed E-state index contributed by atoms with van der Waals surface area (Å²) in [6.07, 6.45) is 3.08. The van der Waals surface area contributed by atoms with Crippen LogP contribution in [0.1, 0.15) is 6.42 Å². The fourth-order valence-electron chi connectivity index (χ4n) is 1.02. The van der Waals surface area contributed by atoms with Crippen LogP contribution in [0.4, 0.5) is 0 Å². The molecule has 0 aromatic carbocycles. The minimum Gasteiger partial charge on any atom is -0.354 e. The van der Waals surface area contributed by atoms with E-state index in [2.05, 4.69) is 11.9 Å². The summed E-state index contributed by atoms with van der Waals surface area (Å²) in [5.74, 6) is 1.27. The maximum Gasteiger partial charge on any atom is 0.236 e. The number of amides is 1. The highest BCUT2D eigenvalue weighted by Crippen LogP contribution is 1.98. The van der Waals surface area contributed by atoms with Crippen LogP contribution in [-0.4, -0.2) is 50.4 Å². The van der Waals surface area contributed by atoms with Crippen LogP contribution < -0.4 is 11.1 Å². The number of hydrogen-bond acceptors (Lipinski definition) is 5. The van der Waals surface area contributed by atoms with Crippen LogP contribution >= 0.6 is 11.8 Å². The molecule has 0 saturated heterocycles. The maximum absolute atomic E-state index is 11.4. The van der Waals surface area contributed by atoms with Crippen molar-refractivity contribution in [1.29, 1.82) is 0 Å². The third-order valence-electron chi connectivity index (χ3n) is 1.92. The van der Waals surface area contributed by atoms with Crippen LogP contribution in [0.5, 0.6) is 0 Å². The lowest BCUT2D eigenvalue weighted by Crippen LogP contribution is -2.42. The van der Waals surface area contributed by atoms with Crippen molar-refractivity contribution in [2.75, 3.05) is 30.1 Å². The largest absolute Gasteiger partial charge is 0.354 e. The lowest BCUT2D eigenvalue weighted by Gasteiger charge is -2.11. The van der Waals surface area contributed by atoms with Gasteiger partial charge >= 0.3 is 0 Å². The Hall–Kier alpha value is -0.530. The van der Waals surface area contributed by atoms with E-state index in [0.29, 0.717) is 6.54 Å². The minimum absolute atomic E-state index is 0.0627. The van der Waals surface area contributed by atoms with Gasteiger partial charge in [-0.2, -0.15) is 11.8 Å². The summed E-state index contributed by atoms with van der Waals surface area (Å²) < 4.78 is 21.8. The number of rotatable bonds is 9. The molecule has 0 aliphatic carbocycles. The van der Waals surface area contributed by atoms with Gasteiger partial charge in [0.25, 0.3) is 0 Å². The van der Waals surface area contributed by atoms with Gasteiger partial charge in [0.15, 0.2) is 0 Å². The summed E-state index contributed by atoms with van der Waals surface area (Å²) in [5.41, 5.74) is 5.57. The van der Waals surface area contributed by atoms with Gasteiger partial charge in [-0.25, -0.2) is 8.42 Å². The molecule has 0 heterocycles. The van der Waals surface area contributed by atoms with E-state index >= 15 is 0 Å². The van der Waals surface area contributed by atoms with Crippen LogP contribution in [0.2, 0.25) is 0 Å². The minimum atomic E-state index is -3.06. The molecule has 0 radical (unpaired) electrons. The monoisotopic (exact) mass is 280 g/mol. The summed E-state index contributed by atoms with van der Waals surface area (Å²) in [6.45, 7) is 4.12. The number of carbonyl (C=O) groups is 1. The standard InChI is InChI=1S/C10H20N2O3S2/c1-3-6-16-7-5-12-10(13)9(11)4-8-17(2,14)15/h3,9H,1,4-8,11H2,2H3,(H,12,13). The quantitative estimate of drug-likeness (QED) is 0.450. The summed E-state index contributed by atoms with van der Waals surface area (Å²) >= 11 is 1.66. The Morgan fingerprint density at radius 3 is 2.76 bits per heavy atom. The molecule has 0 aromatic rings. The van der Waals surface area contributed by atoms with E-state index in [1.54, 1.807) is 17.8 Å². The van der Waals surface area contributed by atoms with Gasteiger partial charge in [-0.15, -0.1) is 6.58 Å². The van der Waals surface area contributed by atoms with Gasteiger partial charge in [-0.1, -0.05) is 6.08 Å². The zero-order chi connectivity index (χ0) is 13.3. The molecular weight excluding hydrogens is 260 g/mol. The molecule has 0 rings (SSSR count). The fraction of sp³-hybridized carbons (Fsp3) is 0.700. The molecule has 5 nitrogen and oxygen atoms in total. The van der Waals surface area contributed by atoms with E-state index in [-0.39, 0.29) is 18.1 Å². The first-order chi connectivity index (χ1) is 7.87. The van der Waals surface area contributed by atoms with Gasteiger partial charge in [0.05, 0.1) is 11.8 Å². The molecule has 7 heteroatoms. The number of nitrogens with two attached hydrogens (primary N) is 1. The van der Waals surface area contributed by atoms with Gasteiger partial charge in [0, 0.05) is 24.3 Å². The first-order valence-electron chi connectivity index (χ1n) is 5.26. The van der Waals surface area contributed by atoms with E-state index in [1.165, 1.54) is 0 Å². The first-order valence-corrected chi connectivity index (χ1v) is 8.48. The van der Waals surface area contributed by atoms with E-state index < -0.39 is 15.9 Å². The van der Waals surface area contributed by atoms with Crippen molar-refractivity contribution in [3.63, 3.8) is 0 Å². The van der Waals surface area contributed by atoms with Gasteiger partial charge in [-0.05, 0) is 6.42 Å². The highest BCUT2D eigenvalue weighted by atomic mass is 32.2. The Morgan fingerprint density at radius 1 is 1.59 bits per heavy atom. The fourth-order valence-corrected chi connectivity index (χ4v) is 2.28. The Balaban J connectivity index is 3.71. The second-order valence-corrected chi connectivity index (χ2v) is 7.09. The zero-order valence-corrected chi connectivity index (χ0v) is 11.6. The molecule has 0 aliphatic heterocycles. The molecule has 0 saturated carbocycles. The molecule has 1 unspecified atom stereocenters. The first kappa shape index (κ1) is 16.5. The molecule has 1 amide bonds.